The Morgan fingerprint density at radius 3 is 2.44 bits per heavy atom. The predicted molar refractivity (Wildman–Crippen MR) is 174 cm³/mol. The van der Waals surface area contributed by atoms with Crippen LogP contribution in [0.1, 0.15) is 107 Å². The van der Waals surface area contributed by atoms with Gasteiger partial charge in [0.05, 0.1) is 17.6 Å². The van der Waals surface area contributed by atoms with Gasteiger partial charge in [0.1, 0.15) is 6.04 Å². The van der Waals surface area contributed by atoms with E-state index in [1.165, 1.54) is 0 Å². The minimum absolute atomic E-state index is 0.00121. The first-order chi connectivity index (χ1) is 21.0. The number of nitrogens with zero attached hydrogens (tertiary/aromatic N) is 2. The maximum absolute atomic E-state index is 14.0. The molecule has 1 saturated heterocycles. The van der Waals surface area contributed by atoms with Crippen LogP contribution in [-0.4, -0.2) is 60.2 Å². The third kappa shape index (κ3) is 7.95. The van der Waals surface area contributed by atoms with E-state index in [4.69, 9.17) is 15.0 Å². The Hall–Kier alpha value is -2.41. The lowest BCUT2D eigenvalue weighted by atomic mass is 9.43. The average Bonchev–Trinajstić information content (AvgIpc) is 3.30. The van der Waals surface area contributed by atoms with E-state index in [1.54, 1.807) is 0 Å². The van der Waals surface area contributed by atoms with Crippen LogP contribution in [0.2, 0.25) is 0 Å². The van der Waals surface area contributed by atoms with Gasteiger partial charge in [0, 0.05) is 12.5 Å². The van der Waals surface area contributed by atoms with Gasteiger partial charge in [-0.05, 0) is 92.8 Å². The molecule has 0 unspecified atom stereocenters. The summed E-state index contributed by atoms with van der Waals surface area (Å²) in [5.41, 5.74) is 7.23. The first kappa shape index (κ1) is 35.4. The lowest BCUT2D eigenvalue weighted by molar-refractivity contribution is -0.525. The summed E-state index contributed by atoms with van der Waals surface area (Å²) in [4.78, 5) is 42.5. The molecule has 0 aromatic carbocycles. The summed E-state index contributed by atoms with van der Waals surface area (Å²) in [7, 11) is -0.569. The number of hydrogen-bond acceptors (Lipinski definition) is 7. The predicted octanol–water partition coefficient (Wildman–Crippen LogP) is 3.85. The van der Waals surface area contributed by atoms with Gasteiger partial charge >= 0.3 is 7.12 Å². The van der Waals surface area contributed by atoms with Crippen molar-refractivity contribution in [3.8, 4) is 0 Å². The third-order valence-corrected chi connectivity index (χ3v) is 11.5. The molecule has 4 saturated carbocycles. The quantitative estimate of drug-likeness (QED) is 0.0593. The largest absolute Gasteiger partial charge is 0.481 e. The molecule has 0 aromatic rings. The van der Waals surface area contributed by atoms with Crippen LogP contribution in [-0.2, 0) is 18.9 Å². The van der Waals surface area contributed by atoms with Gasteiger partial charge < -0.3 is 25.7 Å². The number of guanidine groups is 1. The molecule has 4 aliphatic carbocycles. The second-order valence-corrected chi connectivity index (χ2v) is 15.9. The Morgan fingerprint density at radius 1 is 1.11 bits per heavy atom. The van der Waals surface area contributed by atoms with Crippen LogP contribution in [0, 0.1) is 57.0 Å². The van der Waals surface area contributed by atoms with Crippen molar-refractivity contribution in [2.24, 2.45) is 57.6 Å². The molecule has 5 N–H and O–H groups in total. The van der Waals surface area contributed by atoms with Crippen molar-refractivity contribution in [3.05, 3.63) is 10.1 Å². The third-order valence-electron chi connectivity index (χ3n) is 11.5. The van der Waals surface area contributed by atoms with Gasteiger partial charge in [0.25, 0.3) is 5.96 Å². The molecule has 0 spiro atoms. The summed E-state index contributed by atoms with van der Waals surface area (Å²) < 4.78 is 13.3. The van der Waals surface area contributed by atoms with Crippen LogP contribution in [0.4, 0.5) is 0 Å². The van der Waals surface area contributed by atoms with Crippen LogP contribution in [0.5, 0.6) is 0 Å². The van der Waals surface area contributed by atoms with Crippen molar-refractivity contribution in [1.82, 2.24) is 16.1 Å². The van der Waals surface area contributed by atoms with E-state index in [0.717, 1.165) is 32.1 Å². The van der Waals surface area contributed by atoms with Crippen molar-refractivity contribution >= 4 is 24.9 Å². The zero-order valence-corrected chi connectivity index (χ0v) is 28.6. The highest BCUT2D eigenvalue weighted by atomic mass is 16.7. The van der Waals surface area contributed by atoms with Crippen LogP contribution in [0.3, 0.4) is 0 Å². The average molecular weight is 633 g/mol. The first-order valence-corrected chi connectivity index (χ1v) is 17.2. The van der Waals surface area contributed by atoms with Crippen molar-refractivity contribution in [2.45, 2.75) is 130 Å². The van der Waals surface area contributed by atoms with E-state index in [9.17, 15) is 19.7 Å². The van der Waals surface area contributed by atoms with Crippen molar-refractivity contribution in [3.63, 3.8) is 0 Å². The van der Waals surface area contributed by atoms with Gasteiger partial charge in [-0.1, -0.05) is 60.3 Å². The zero-order valence-electron chi connectivity index (χ0n) is 28.6. The molecule has 2 amide bonds. The monoisotopic (exact) mass is 632 g/mol. The maximum atomic E-state index is 14.0. The van der Waals surface area contributed by atoms with E-state index in [2.05, 4.69) is 71.0 Å². The lowest BCUT2D eigenvalue weighted by Crippen LogP contribution is -2.65. The molecule has 5 fully saturated rings. The Bertz CT molecular complexity index is 1120. The van der Waals surface area contributed by atoms with E-state index in [-0.39, 0.29) is 59.5 Å². The molecule has 5 aliphatic rings. The fourth-order valence-electron chi connectivity index (χ4n) is 8.78. The van der Waals surface area contributed by atoms with Crippen LogP contribution in [0.15, 0.2) is 4.99 Å². The van der Waals surface area contributed by atoms with Crippen molar-refractivity contribution in [2.75, 3.05) is 6.54 Å². The number of rotatable bonds is 13. The van der Waals surface area contributed by atoms with Crippen molar-refractivity contribution < 1.29 is 23.9 Å². The minimum atomic E-state index is -0.803. The van der Waals surface area contributed by atoms with E-state index < -0.39 is 23.8 Å². The fourth-order valence-corrected chi connectivity index (χ4v) is 8.78. The maximum Gasteiger partial charge on any atom is 0.481 e. The smallest absolute Gasteiger partial charge is 0.404 e. The molecule has 1 aliphatic heterocycles. The lowest BCUT2D eigenvalue weighted by Gasteiger charge is -2.64. The SMILES string of the molecule is CC(C)C[C@H](NC(=O)[C@H](CCCN=C(N)N[N+](=O)[O-])NC(=O)[C@H]1C[C@@H](C)CC[C@@H]1C(C)C)B1O[C@@H]2C[C@@H]3C[C@@H](C3(C)C)[C@]2(C)O1. The number of carbonyl (C=O) groups excluding carboxylic acids is 2. The summed E-state index contributed by atoms with van der Waals surface area (Å²) in [6, 6.07) is -0.803. The van der Waals surface area contributed by atoms with Crippen LogP contribution in [0.25, 0.3) is 0 Å². The summed E-state index contributed by atoms with van der Waals surface area (Å²) in [5.74, 6) is 1.16. The van der Waals surface area contributed by atoms with E-state index in [1.807, 2.05) is 5.43 Å². The van der Waals surface area contributed by atoms with Gasteiger partial charge in [0.2, 0.25) is 11.8 Å². The van der Waals surface area contributed by atoms with Gasteiger partial charge in [0.15, 0.2) is 5.03 Å². The number of hydrazine groups is 1. The number of aliphatic imine (C=N–C) groups is 1. The molecule has 13 heteroatoms. The zero-order chi connectivity index (χ0) is 33.3. The second-order valence-electron chi connectivity index (χ2n) is 15.9. The van der Waals surface area contributed by atoms with E-state index in [0.29, 0.717) is 42.9 Å². The summed E-state index contributed by atoms with van der Waals surface area (Å²) in [6.07, 6.45) is 6.38. The van der Waals surface area contributed by atoms with Crippen molar-refractivity contribution in [1.29, 1.82) is 0 Å². The molecule has 9 atom stereocenters. The Morgan fingerprint density at radius 2 is 1.82 bits per heavy atom. The van der Waals surface area contributed by atoms with E-state index >= 15 is 0 Å². The normalized spacial score (nSPS) is 33.6. The molecule has 12 nitrogen and oxygen atoms in total. The minimum Gasteiger partial charge on any atom is -0.404 e. The molecule has 2 bridgehead atoms. The number of nitro groups is 1. The highest BCUT2D eigenvalue weighted by molar-refractivity contribution is 6.48. The molecule has 254 valence electrons. The molecular formula is C32H57BN6O6. The Kier molecular flexibility index (Phi) is 11.1. The number of hydrogen-bond donors (Lipinski definition) is 4. The van der Waals surface area contributed by atoms with Crippen LogP contribution >= 0.6 is 0 Å². The molecule has 5 rings (SSSR count). The van der Waals surface area contributed by atoms with Gasteiger partial charge in [-0.2, -0.15) is 0 Å². The molecule has 0 radical (unpaired) electrons. The Labute approximate surface area is 269 Å². The number of nitrogens with two attached hydrogens (primary N) is 1. The first-order valence-electron chi connectivity index (χ1n) is 17.2. The molecule has 0 aromatic heterocycles. The highest BCUT2D eigenvalue weighted by Gasteiger charge is 2.68. The summed E-state index contributed by atoms with van der Waals surface area (Å²) in [6.45, 7) is 17.7. The van der Waals surface area contributed by atoms with Crippen LogP contribution < -0.4 is 21.8 Å². The van der Waals surface area contributed by atoms with Gasteiger partial charge in [-0.25, -0.2) is 15.1 Å². The summed E-state index contributed by atoms with van der Waals surface area (Å²) in [5, 5.41) is 16.2. The Balaban J connectivity index is 1.49. The van der Waals surface area contributed by atoms with Gasteiger partial charge in [-0.15, -0.1) is 0 Å². The molecule has 1 heterocycles. The highest BCUT2D eigenvalue weighted by Crippen LogP contribution is 2.65. The van der Waals surface area contributed by atoms with Gasteiger partial charge in [-0.3, -0.25) is 9.59 Å². The number of carbonyl (C=O) groups is 2. The summed E-state index contributed by atoms with van der Waals surface area (Å²) >= 11 is 0. The topological polar surface area (TPSA) is 170 Å². The number of nitrogens with one attached hydrogen (secondary N) is 3. The number of amides is 2. The second kappa shape index (κ2) is 14.2. The molecular weight excluding hydrogens is 575 g/mol. The standard InChI is InChI=1S/C32H57BN6O6/c1-18(2)14-27(33-44-26-17-21-16-25(31(21,6)7)32(26,8)45-33)37-29(41)24(10-9-13-35-30(34)38-39(42)43)36-28(40)23-15-20(5)11-12-22(23)19(3)4/h18-27H,9-17H2,1-8H3,(H,36,40)(H,37,41)(H3,34,35,38)/t20-,21-,22+,23-,24-,25-,26+,27-,32-/m0/s1. The fraction of sp³-hybridized carbons (Fsp3) is 0.906. The molecule has 45 heavy (non-hydrogen) atoms.